The Labute approximate surface area is 174 Å². The number of hydrazone groups is 1. The number of fused-ring (bicyclic) bond motifs is 2. The standard InChI is InChI=1S/C21H27N5O2S/c1-13(20(28)25-10-8-15-6-4-5-7-16(15)12-25)14(2)26(22-3)21-23-17-9-11-29-18(17)19(27)24-21/h9,11,15-16H,3-8,10,12H2,1-2H3,(H,23,24,27)/b14-13+/t15-,16-/m1/s1. The van der Waals surface area contributed by atoms with Crippen molar-refractivity contribution in [2.75, 3.05) is 18.1 Å². The van der Waals surface area contributed by atoms with E-state index in [0.29, 0.717) is 27.4 Å². The number of carbonyl (C=O) groups excluding carboxylic acids is 1. The summed E-state index contributed by atoms with van der Waals surface area (Å²) in [6.07, 6.45) is 6.22. The number of aromatic nitrogens is 2. The van der Waals surface area contributed by atoms with Gasteiger partial charge in [0.05, 0.1) is 11.2 Å². The largest absolute Gasteiger partial charge is 0.339 e. The Morgan fingerprint density at radius 1 is 1.31 bits per heavy atom. The van der Waals surface area contributed by atoms with Crippen LogP contribution < -0.4 is 10.6 Å². The van der Waals surface area contributed by atoms with Gasteiger partial charge in [-0.05, 0) is 50.0 Å². The molecule has 2 aromatic heterocycles. The quantitative estimate of drug-likeness (QED) is 0.470. The number of hydrogen-bond acceptors (Lipinski definition) is 6. The third-order valence-electron chi connectivity index (χ3n) is 6.40. The van der Waals surface area contributed by atoms with Crippen LogP contribution in [0.2, 0.25) is 0 Å². The lowest BCUT2D eigenvalue weighted by atomic mass is 9.75. The smallest absolute Gasteiger partial charge is 0.270 e. The second-order valence-electron chi connectivity index (χ2n) is 8.03. The van der Waals surface area contributed by atoms with Crippen molar-refractivity contribution in [3.63, 3.8) is 0 Å². The molecule has 0 unspecified atom stereocenters. The fourth-order valence-electron chi connectivity index (χ4n) is 4.63. The van der Waals surface area contributed by atoms with Crippen LogP contribution in [-0.2, 0) is 4.79 Å². The van der Waals surface area contributed by atoms with Gasteiger partial charge in [-0.25, -0.2) is 9.99 Å². The number of likely N-dealkylation sites (tertiary alicyclic amines) is 1. The van der Waals surface area contributed by atoms with Crippen LogP contribution in [0.15, 0.2) is 32.6 Å². The summed E-state index contributed by atoms with van der Waals surface area (Å²) < 4.78 is 0.572. The number of allylic oxidation sites excluding steroid dienone is 1. The van der Waals surface area contributed by atoms with Crippen molar-refractivity contribution < 1.29 is 4.79 Å². The molecule has 29 heavy (non-hydrogen) atoms. The number of piperidine rings is 1. The first-order valence-electron chi connectivity index (χ1n) is 10.2. The van der Waals surface area contributed by atoms with Crippen molar-refractivity contribution in [1.82, 2.24) is 14.9 Å². The van der Waals surface area contributed by atoms with E-state index in [-0.39, 0.29) is 17.4 Å². The van der Waals surface area contributed by atoms with Gasteiger partial charge < -0.3 is 4.90 Å². The Bertz CT molecular complexity index is 1020. The molecule has 1 amide bonds. The third-order valence-corrected chi connectivity index (χ3v) is 7.31. The highest BCUT2D eigenvalue weighted by Gasteiger charge is 2.33. The molecule has 4 rings (SSSR count). The van der Waals surface area contributed by atoms with Gasteiger partial charge in [-0.15, -0.1) is 11.3 Å². The lowest BCUT2D eigenvalue weighted by Crippen LogP contribution is -2.45. The first-order valence-corrected chi connectivity index (χ1v) is 11.1. The third kappa shape index (κ3) is 3.73. The van der Waals surface area contributed by atoms with E-state index in [1.807, 2.05) is 24.1 Å². The van der Waals surface area contributed by atoms with Gasteiger partial charge in [-0.3, -0.25) is 14.6 Å². The minimum Gasteiger partial charge on any atom is -0.339 e. The van der Waals surface area contributed by atoms with E-state index in [0.717, 1.165) is 25.4 Å². The van der Waals surface area contributed by atoms with Gasteiger partial charge in [0.25, 0.3) is 11.5 Å². The van der Waals surface area contributed by atoms with E-state index >= 15 is 0 Å². The SMILES string of the molecule is C=NN(/C(C)=C(\C)C(=O)N1CC[C@H]2CCCC[C@@H]2C1)c1nc2ccsc2c(=O)[nH]1. The van der Waals surface area contributed by atoms with Crippen molar-refractivity contribution in [1.29, 1.82) is 0 Å². The zero-order chi connectivity index (χ0) is 20.5. The van der Waals surface area contributed by atoms with Crippen molar-refractivity contribution in [2.24, 2.45) is 16.9 Å². The number of carbonyl (C=O) groups is 1. The second kappa shape index (κ2) is 8.10. The molecule has 0 spiro atoms. The molecular formula is C21H27N5O2S. The lowest BCUT2D eigenvalue weighted by Gasteiger charge is -2.41. The summed E-state index contributed by atoms with van der Waals surface area (Å²) in [4.78, 5) is 34.7. The summed E-state index contributed by atoms with van der Waals surface area (Å²) in [7, 11) is 0. The van der Waals surface area contributed by atoms with Crippen molar-refractivity contribution in [3.05, 3.63) is 33.1 Å². The highest BCUT2D eigenvalue weighted by Crippen LogP contribution is 2.36. The van der Waals surface area contributed by atoms with Crippen LogP contribution in [0, 0.1) is 11.8 Å². The van der Waals surface area contributed by atoms with Crippen LogP contribution in [0.1, 0.15) is 46.0 Å². The summed E-state index contributed by atoms with van der Waals surface area (Å²) >= 11 is 1.35. The summed E-state index contributed by atoms with van der Waals surface area (Å²) in [5, 5.41) is 7.30. The predicted molar refractivity (Wildman–Crippen MR) is 117 cm³/mol. The minimum absolute atomic E-state index is 0.0270. The van der Waals surface area contributed by atoms with Crippen molar-refractivity contribution in [2.45, 2.75) is 46.0 Å². The number of aromatic amines is 1. The van der Waals surface area contributed by atoms with Gasteiger partial charge >= 0.3 is 0 Å². The van der Waals surface area contributed by atoms with E-state index in [2.05, 4.69) is 21.8 Å². The maximum atomic E-state index is 13.2. The molecule has 1 aliphatic heterocycles. The number of hydrogen-bond donors (Lipinski definition) is 1. The van der Waals surface area contributed by atoms with Crippen LogP contribution in [0.5, 0.6) is 0 Å². The van der Waals surface area contributed by atoms with Gasteiger partial charge in [-0.2, -0.15) is 5.10 Å². The molecule has 1 saturated heterocycles. The number of thiophene rings is 1. The Balaban J connectivity index is 1.59. The number of H-pyrrole nitrogens is 1. The Kier molecular flexibility index (Phi) is 5.54. The molecule has 0 radical (unpaired) electrons. The molecule has 7 nitrogen and oxygen atoms in total. The zero-order valence-electron chi connectivity index (χ0n) is 17.0. The van der Waals surface area contributed by atoms with Gasteiger partial charge in [-0.1, -0.05) is 19.3 Å². The molecule has 154 valence electrons. The van der Waals surface area contributed by atoms with Crippen LogP contribution in [0.4, 0.5) is 5.95 Å². The Morgan fingerprint density at radius 3 is 2.83 bits per heavy atom. The van der Waals surface area contributed by atoms with E-state index in [4.69, 9.17) is 0 Å². The number of rotatable bonds is 4. The van der Waals surface area contributed by atoms with Crippen LogP contribution in [-0.4, -0.2) is 40.6 Å². The molecule has 3 heterocycles. The topological polar surface area (TPSA) is 81.7 Å². The van der Waals surface area contributed by atoms with Crippen LogP contribution in [0.25, 0.3) is 10.2 Å². The van der Waals surface area contributed by atoms with Crippen molar-refractivity contribution in [3.8, 4) is 0 Å². The highest BCUT2D eigenvalue weighted by molar-refractivity contribution is 7.17. The fraction of sp³-hybridized carbons (Fsp3) is 0.524. The van der Waals surface area contributed by atoms with Gasteiger partial charge in [0.1, 0.15) is 4.70 Å². The molecule has 2 fully saturated rings. The molecule has 8 heteroatoms. The van der Waals surface area contributed by atoms with Crippen molar-refractivity contribution >= 4 is 40.1 Å². The molecule has 2 aliphatic rings. The number of amides is 1. The first kappa shape index (κ1) is 19.8. The molecule has 0 bridgehead atoms. The van der Waals surface area contributed by atoms with Gasteiger partial charge in [0.15, 0.2) is 0 Å². The fourth-order valence-corrected chi connectivity index (χ4v) is 5.35. The van der Waals surface area contributed by atoms with Crippen LogP contribution in [0.3, 0.4) is 0 Å². The van der Waals surface area contributed by atoms with E-state index in [9.17, 15) is 9.59 Å². The number of nitrogens with zero attached hydrogens (tertiary/aromatic N) is 4. The summed E-state index contributed by atoms with van der Waals surface area (Å²) in [5.41, 5.74) is 1.61. The lowest BCUT2D eigenvalue weighted by molar-refractivity contribution is -0.130. The molecule has 2 atom stereocenters. The summed E-state index contributed by atoms with van der Waals surface area (Å²) in [6, 6.07) is 1.80. The average molecular weight is 414 g/mol. The Hall–Kier alpha value is -2.48. The van der Waals surface area contributed by atoms with Gasteiger partial charge in [0, 0.05) is 25.4 Å². The average Bonchev–Trinajstić information content (AvgIpc) is 3.22. The molecule has 1 N–H and O–H groups in total. The maximum Gasteiger partial charge on any atom is 0.270 e. The van der Waals surface area contributed by atoms with E-state index in [1.54, 1.807) is 6.07 Å². The Morgan fingerprint density at radius 2 is 2.07 bits per heavy atom. The predicted octanol–water partition coefficient (Wildman–Crippen LogP) is 3.74. The first-order chi connectivity index (χ1) is 14.0. The zero-order valence-corrected chi connectivity index (χ0v) is 17.8. The second-order valence-corrected chi connectivity index (χ2v) is 8.95. The van der Waals surface area contributed by atoms with E-state index < -0.39 is 0 Å². The molecule has 1 saturated carbocycles. The van der Waals surface area contributed by atoms with Gasteiger partial charge in [0.2, 0.25) is 5.95 Å². The molecule has 1 aliphatic carbocycles. The molecule has 0 aromatic carbocycles. The normalized spacial score (nSPS) is 22.8. The van der Waals surface area contributed by atoms with Crippen LogP contribution >= 0.6 is 11.3 Å². The summed E-state index contributed by atoms with van der Waals surface area (Å²) in [5.74, 6) is 1.70. The summed E-state index contributed by atoms with van der Waals surface area (Å²) in [6.45, 7) is 8.89. The molecule has 2 aromatic rings. The number of nitrogens with one attached hydrogen (secondary N) is 1. The highest BCUT2D eigenvalue weighted by atomic mass is 32.1. The molecular weight excluding hydrogens is 386 g/mol. The van der Waals surface area contributed by atoms with E-state index in [1.165, 1.54) is 42.0 Å². The minimum atomic E-state index is -0.218. The maximum absolute atomic E-state index is 13.2. The number of anilines is 1. The monoisotopic (exact) mass is 413 g/mol.